The highest BCUT2D eigenvalue weighted by Gasteiger charge is 2.28. The van der Waals surface area contributed by atoms with E-state index >= 15 is 0 Å². The number of hydrogen-bond acceptors (Lipinski definition) is 8. The van der Waals surface area contributed by atoms with Crippen LogP contribution in [0.5, 0.6) is 11.5 Å². The molecule has 0 fully saturated rings. The number of anilines is 1. The molecule has 3 aromatic carbocycles. The summed E-state index contributed by atoms with van der Waals surface area (Å²) in [5.41, 5.74) is 2.90. The van der Waals surface area contributed by atoms with Gasteiger partial charge >= 0.3 is 6.01 Å². The molecule has 5 rings (SSSR count). The lowest BCUT2D eigenvalue weighted by molar-refractivity contribution is 0.102. The average Bonchev–Trinajstić information content (AvgIpc) is 3.40. The minimum Gasteiger partial charge on any atom is -0.497 e. The van der Waals surface area contributed by atoms with Gasteiger partial charge in [0, 0.05) is 18.7 Å². The number of amides is 1. The molecule has 190 valence electrons. The Balaban J connectivity index is 1.29. The van der Waals surface area contributed by atoms with E-state index < -0.39 is 15.9 Å². The van der Waals surface area contributed by atoms with E-state index in [4.69, 9.17) is 13.9 Å². The van der Waals surface area contributed by atoms with E-state index in [-0.39, 0.29) is 22.4 Å². The topological polar surface area (TPSA) is 124 Å². The minimum atomic E-state index is -3.71. The molecule has 0 saturated heterocycles. The van der Waals surface area contributed by atoms with Crippen LogP contribution in [0, 0.1) is 0 Å². The van der Waals surface area contributed by atoms with Gasteiger partial charge in [0.15, 0.2) is 0 Å². The smallest absolute Gasteiger partial charge is 0.322 e. The van der Waals surface area contributed by atoms with Gasteiger partial charge in [0.25, 0.3) is 11.8 Å². The summed E-state index contributed by atoms with van der Waals surface area (Å²) in [7, 11) is -0.660. The Morgan fingerprint density at radius 3 is 2.46 bits per heavy atom. The summed E-state index contributed by atoms with van der Waals surface area (Å²) in [4.78, 5) is 12.9. The molecule has 37 heavy (non-hydrogen) atoms. The fraction of sp³-hybridized carbons (Fsp3) is 0.192. The zero-order valence-corrected chi connectivity index (χ0v) is 21.0. The number of hydrogen-bond donors (Lipinski definition) is 1. The second-order valence-corrected chi connectivity index (χ2v) is 10.3. The SMILES string of the molecule is COc1ccc(OC)c(-c2nnc(NC(=O)c3ccc(S(=O)(=O)N4CCc5ccccc5C4)cc3)o2)c1. The second-order valence-electron chi connectivity index (χ2n) is 8.31. The molecule has 0 unspecified atom stereocenters. The van der Waals surface area contributed by atoms with E-state index in [1.54, 1.807) is 18.2 Å². The van der Waals surface area contributed by atoms with E-state index in [1.807, 2.05) is 24.3 Å². The molecule has 0 radical (unpaired) electrons. The number of carbonyl (C=O) groups is 1. The Labute approximate surface area is 213 Å². The Hall–Kier alpha value is -4.22. The summed E-state index contributed by atoms with van der Waals surface area (Å²) in [5.74, 6) is 0.680. The molecule has 0 saturated carbocycles. The first kappa shape index (κ1) is 24.5. The monoisotopic (exact) mass is 520 g/mol. The number of ether oxygens (including phenoxy) is 2. The number of benzene rings is 3. The highest BCUT2D eigenvalue weighted by atomic mass is 32.2. The molecule has 11 heteroatoms. The van der Waals surface area contributed by atoms with Crippen LogP contribution >= 0.6 is 0 Å². The van der Waals surface area contributed by atoms with Gasteiger partial charge in [-0.15, -0.1) is 5.10 Å². The standard InChI is InChI=1S/C26H24N4O6S/c1-34-20-9-12-23(35-2)22(15-20)25-28-29-26(36-25)27-24(31)18-7-10-21(11-8-18)37(32,33)30-14-13-17-5-3-4-6-19(17)16-30/h3-12,15H,13-14,16H2,1-2H3,(H,27,29,31). The van der Waals surface area contributed by atoms with Gasteiger partial charge in [-0.3, -0.25) is 10.1 Å². The molecule has 1 aliphatic heterocycles. The van der Waals surface area contributed by atoms with Crippen molar-refractivity contribution in [1.29, 1.82) is 0 Å². The van der Waals surface area contributed by atoms with Gasteiger partial charge in [-0.2, -0.15) is 4.31 Å². The van der Waals surface area contributed by atoms with Gasteiger partial charge in [0.1, 0.15) is 11.5 Å². The molecule has 1 amide bonds. The third-order valence-electron chi connectivity index (χ3n) is 6.13. The van der Waals surface area contributed by atoms with Crippen LogP contribution in [-0.2, 0) is 23.0 Å². The fourth-order valence-electron chi connectivity index (χ4n) is 4.14. The summed E-state index contributed by atoms with van der Waals surface area (Å²) >= 11 is 0. The molecule has 0 aliphatic carbocycles. The van der Waals surface area contributed by atoms with Crippen LogP contribution in [0.4, 0.5) is 6.01 Å². The van der Waals surface area contributed by atoms with Crippen molar-refractivity contribution >= 4 is 21.9 Å². The maximum absolute atomic E-state index is 13.2. The van der Waals surface area contributed by atoms with E-state index in [9.17, 15) is 13.2 Å². The molecular formula is C26H24N4O6S. The van der Waals surface area contributed by atoms with Crippen molar-refractivity contribution in [2.45, 2.75) is 17.9 Å². The third-order valence-corrected chi connectivity index (χ3v) is 7.99. The van der Waals surface area contributed by atoms with Gasteiger partial charge in [0.2, 0.25) is 10.0 Å². The van der Waals surface area contributed by atoms with Crippen molar-refractivity contribution in [3.8, 4) is 23.0 Å². The normalized spacial score (nSPS) is 13.6. The summed E-state index contributed by atoms with van der Waals surface area (Å²) in [6.45, 7) is 0.720. The molecule has 10 nitrogen and oxygen atoms in total. The third kappa shape index (κ3) is 4.91. The van der Waals surface area contributed by atoms with Crippen molar-refractivity contribution in [1.82, 2.24) is 14.5 Å². The van der Waals surface area contributed by atoms with Crippen LogP contribution in [-0.4, -0.2) is 49.6 Å². The number of rotatable bonds is 7. The summed E-state index contributed by atoms with van der Waals surface area (Å²) < 4.78 is 44.0. The lowest BCUT2D eigenvalue weighted by atomic mass is 10.0. The van der Waals surface area contributed by atoms with Gasteiger partial charge in [0.05, 0.1) is 24.7 Å². The van der Waals surface area contributed by atoms with Crippen LogP contribution in [0.3, 0.4) is 0 Å². The zero-order chi connectivity index (χ0) is 26.0. The highest BCUT2D eigenvalue weighted by molar-refractivity contribution is 7.89. The van der Waals surface area contributed by atoms with E-state index in [2.05, 4.69) is 15.5 Å². The number of methoxy groups -OCH3 is 2. The molecule has 0 spiro atoms. The van der Waals surface area contributed by atoms with Gasteiger partial charge < -0.3 is 13.9 Å². The molecule has 4 aromatic rings. The van der Waals surface area contributed by atoms with E-state index in [1.165, 1.54) is 42.8 Å². The van der Waals surface area contributed by atoms with Crippen LogP contribution in [0.15, 0.2) is 76.0 Å². The summed E-state index contributed by atoms with van der Waals surface area (Å²) in [5, 5.41) is 10.4. The largest absolute Gasteiger partial charge is 0.497 e. The number of nitrogens with one attached hydrogen (secondary N) is 1. The number of fused-ring (bicyclic) bond motifs is 1. The Bertz CT molecular complexity index is 1550. The Kier molecular flexibility index (Phi) is 6.64. The van der Waals surface area contributed by atoms with Crippen LogP contribution < -0.4 is 14.8 Å². The van der Waals surface area contributed by atoms with Crippen LogP contribution in [0.25, 0.3) is 11.5 Å². The van der Waals surface area contributed by atoms with Crippen molar-refractivity contribution in [3.05, 3.63) is 83.4 Å². The average molecular weight is 521 g/mol. The van der Waals surface area contributed by atoms with Crippen molar-refractivity contribution in [2.24, 2.45) is 0 Å². The number of carbonyl (C=O) groups excluding carboxylic acids is 1. The predicted molar refractivity (Wildman–Crippen MR) is 135 cm³/mol. The molecule has 2 heterocycles. The molecule has 1 aromatic heterocycles. The maximum Gasteiger partial charge on any atom is 0.322 e. The first-order valence-corrected chi connectivity index (χ1v) is 12.9. The lowest BCUT2D eigenvalue weighted by Gasteiger charge is -2.28. The molecule has 0 bridgehead atoms. The molecular weight excluding hydrogens is 496 g/mol. The first-order valence-electron chi connectivity index (χ1n) is 11.4. The van der Waals surface area contributed by atoms with Crippen molar-refractivity contribution < 1.29 is 27.1 Å². The van der Waals surface area contributed by atoms with Crippen molar-refractivity contribution in [3.63, 3.8) is 0 Å². The number of aromatic nitrogens is 2. The van der Waals surface area contributed by atoms with Gasteiger partial charge in [-0.25, -0.2) is 8.42 Å². The molecule has 1 aliphatic rings. The first-order chi connectivity index (χ1) is 17.9. The maximum atomic E-state index is 13.2. The predicted octanol–water partition coefficient (Wildman–Crippen LogP) is 3.75. The van der Waals surface area contributed by atoms with E-state index in [0.29, 0.717) is 36.6 Å². The minimum absolute atomic E-state index is 0.117. The van der Waals surface area contributed by atoms with Crippen LogP contribution in [0.1, 0.15) is 21.5 Å². The zero-order valence-electron chi connectivity index (χ0n) is 20.2. The Morgan fingerprint density at radius 1 is 0.973 bits per heavy atom. The summed E-state index contributed by atoms with van der Waals surface area (Å²) in [6.07, 6.45) is 0.656. The molecule has 1 N–H and O–H groups in total. The van der Waals surface area contributed by atoms with E-state index in [0.717, 1.165) is 11.1 Å². The quantitative estimate of drug-likeness (QED) is 0.391. The Morgan fingerprint density at radius 2 is 1.73 bits per heavy atom. The van der Waals surface area contributed by atoms with Crippen molar-refractivity contribution in [2.75, 3.05) is 26.1 Å². The fourth-order valence-corrected chi connectivity index (χ4v) is 5.55. The summed E-state index contributed by atoms with van der Waals surface area (Å²) in [6, 6.07) is 18.6. The number of nitrogens with zero attached hydrogens (tertiary/aromatic N) is 3. The van der Waals surface area contributed by atoms with Gasteiger partial charge in [-0.1, -0.05) is 29.4 Å². The highest BCUT2D eigenvalue weighted by Crippen LogP contribution is 2.33. The van der Waals surface area contributed by atoms with Gasteiger partial charge in [-0.05, 0) is 60.0 Å². The van der Waals surface area contributed by atoms with Crippen LogP contribution in [0.2, 0.25) is 0 Å². The second kappa shape index (κ2) is 10.0. The lowest BCUT2D eigenvalue weighted by Crippen LogP contribution is -2.35. The molecule has 0 atom stereocenters. The number of sulfonamides is 1.